The number of pyridine rings is 1. The molecule has 3 rings (SSSR count). The first-order valence-corrected chi connectivity index (χ1v) is 7.92. The molecule has 0 fully saturated rings. The number of hydrogen-bond acceptors (Lipinski definition) is 5. The molecule has 0 bridgehead atoms. The third-order valence-corrected chi connectivity index (χ3v) is 4.41. The lowest BCUT2D eigenvalue weighted by atomic mass is 10.2. The molecule has 7 heteroatoms. The number of amides is 2. The van der Waals surface area contributed by atoms with E-state index >= 15 is 0 Å². The van der Waals surface area contributed by atoms with Gasteiger partial charge < -0.3 is 15.0 Å². The Morgan fingerprint density at radius 1 is 1.45 bits per heavy atom. The molecule has 0 saturated carbocycles. The van der Waals surface area contributed by atoms with E-state index in [4.69, 9.17) is 4.74 Å². The molecule has 0 aromatic carbocycles. The summed E-state index contributed by atoms with van der Waals surface area (Å²) in [5, 5.41) is 2.89. The van der Waals surface area contributed by atoms with Crippen molar-refractivity contribution < 1.29 is 9.53 Å². The van der Waals surface area contributed by atoms with Crippen LogP contribution in [0.1, 0.15) is 22.6 Å². The number of nitrogens with zero attached hydrogens (tertiary/aromatic N) is 3. The summed E-state index contributed by atoms with van der Waals surface area (Å²) in [4.78, 5) is 19.2. The van der Waals surface area contributed by atoms with Crippen molar-refractivity contribution in [2.45, 2.75) is 25.8 Å². The lowest BCUT2D eigenvalue weighted by Gasteiger charge is -2.17. The highest BCUT2D eigenvalue weighted by Crippen LogP contribution is 2.23. The van der Waals surface area contributed by atoms with Gasteiger partial charge in [0.15, 0.2) is 0 Å². The van der Waals surface area contributed by atoms with Crippen molar-refractivity contribution >= 4 is 23.3 Å². The van der Waals surface area contributed by atoms with Gasteiger partial charge in [-0.25, -0.2) is 4.79 Å². The molecule has 2 aromatic rings. The Kier molecular flexibility index (Phi) is 4.24. The van der Waals surface area contributed by atoms with Crippen LogP contribution in [-0.4, -0.2) is 34.4 Å². The Morgan fingerprint density at radius 2 is 2.32 bits per heavy atom. The summed E-state index contributed by atoms with van der Waals surface area (Å²) < 4.78 is 9.17. The number of carbonyl (C=O) groups excluding carboxylic acids is 1. The predicted molar refractivity (Wildman–Crippen MR) is 85.4 cm³/mol. The molecule has 1 aliphatic rings. The van der Waals surface area contributed by atoms with Crippen LogP contribution >= 0.6 is 11.5 Å². The van der Waals surface area contributed by atoms with E-state index in [0.29, 0.717) is 12.4 Å². The number of nitrogens with one attached hydrogen (secondary N) is 1. The first-order chi connectivity index (χ1) is 10.7. The quantitative estimate of drug-likeness (QED) is 0.941. The van der Waals surface area contributed by atoms with Crippen LogP contribution in [0.2, 0.25) is 0 Å². The molecule has 2 aromatic heterocycles. The molecule has 0 radical (unpaired) electrons. The number of urea groups is 1. The average molecular weight is 318 g/mol. The number of anilines is 1. The van der Waals surface area contributed by atoms with Crippen LogP contribution in [0.4, 0.5) is 10.5 Å². The largest absolute Gasteiger partial charge is 0.480 e. The summed E-state index contributed by atoms with van der Waals surface area (Å²) >= 11 is 1.33. The average Bonchev–Trinajstić information content (AvgIpc) is 3.15. The minimum Gasteiger partial charge on any atom is -0.480 e. The van der Waals surface area contributed by atoms with Crippen molar-refractivity contribution in [2.75, 3.05) is 19.5 Å². The fraction of sp³-hybridized carbons (Fsp3) is 0.400. The van der Waals surface area contributed by atoms with Gasteiger partial charge in [-0.3, -0.25) is 4.98 Å². The molecule has 2 amide bonds. The molecule has 1 aliphatic carbocycles. The zero-order valence-corrected chi connectivity index (χ0v) is 13.4. The second-order valence-corrected chi connectivity index (χ2v) is 6.19. The maximum atomic E-state index is 12.2. The van der Waals surface area contributed by atoms with Gasteiger partial charge in [-0.2, -0.15) is 4.37 Å². The molecule has 1 N–H and O–H groups in total. The molecule has 116 valence electrons. The van der Waals surface area contributed by atoms with E-state index in [1.165, 1.54) is 17.1 Å². The summed E-state index contributed by atoms with van der Waals surface area (Å²) in [5.41, 5.74) is 3.15. The molecule has 22 heavy (non-hydrogen) atoms. The van der Waals surface area contributed by atoms with Gasteiger partial charge in [0.1, 0.15) is 0 Å². The number of aryl methyl sites for hydroxylation is 2. The van der Waals surface area contributed by atoms with Crippen LogP contribution < -0.4 is 10.1 Å². The lowest BCUT2D eigenvalue weighted by Crippen LogP contribution is -2.30. The predicted octanol–water partition coefficient (Wildman–Crippen LogP) is 2.70. The van der Waals surface area contributed by atoms with Crippen LogP contribution in [0.5, 0.6) is 5.88 Å². The van der Waals surface area contributed by atoms with Crippen LogP contribution in [-0.2, 0) is 19.4 Å². The van der Waals surface area contributed by atoms with Crippen molar-refractivity contribution in [1.82, 2.24) is 14.3 Å². The van der Waals surface area contributed by atoms with Gasteiger partial charge in [0.2, 0.25) is 5.88 Å². The first kappa shape index (κ1) is 14.8. The van der Waals surface area contributed by atoms with E-state index in [2.05, 4.69) is 14.7 Å². The number of methoxy groups -OCH3 is 1. The Morgan fingerprint density at radius 3 is 3.09 bits per heavy atom. The topological polar surface area (TPSA) is 67.3 Å². The zero-order valence-electron chi connectivity index (χ0n) is 12.6. The Balaban J connectivity index is 1.61. The molecule has 0 atom stereocenters. The number of hydrogen-bond donors (Lipinski definition) is 1. The van der Waals surface area contributed by atoms with Gasteiger partial charge in [0.05, 0.1) is 25.5 Å². The first-order valence-electron chi connectivity index (χ1n) is 7.15. The molecule has 0 saturated heterocycles. The van der Waals surface area contributed by atoms with Gasteiger partial charge in [0.25, 0.3) is 0 Å². The van der Waals surface area contributed by atoms with Crippen LogP contribution in [0.25, 0.3) is 0 Å². The molecule has 0 spiro atoms. The van der Waals surface area contributed by atoms with E-state index in [0.717, 1.165) is 35.5 Å². The number of rotatable bonds is 4. The van der Waals surface area contributed by atoms with Crippen molar-refractivity contribution in [3.63, 3.8) is 0 Å². The number of ether oxygens (including phenoxy) is 1. The smallest absolute Gasteiger partial charge is 0.321 e. The SMILES string of the molecule is COc1cc(CN(C)C(=O)Nc2cnc3c(c2)CCC3)sn1. The van der Waals surface area contributed by atoms with Crippen LogP contribution in [0.3, 0.4) is 0 Å². The van der Waals surface area contributed by atoms with E-state index in [9.17, 15) is 4.79 Å². The van der Waals surface area contributed by atoms with Crippen molar-refractivity contribution in [3.8, 4) is 5.88 Å². The fourth-order valence-electron chi connectivity index (χ4n) is 2.48. The third kappa shape index (κ3) is 3.19. The van der Waals surface area contributed by atoms with Gasteiger partial charge in [-0.1, -0.05) is 0 Å². The summed E-state index contributed by atoms with van der Waals surface area (Å²) in [7, 11) is 3.33. The highest BCUT2D eigenvalue weighted by atomic mass is 32.1. The molecular formula is C15H18N4O2S. The van der Waals surface area contributed by atoms with Gasteiger partial charge in [-0.05, 0) is 42.4 Å². The maximum Gasteiger partial charge on any atom is 0.321 e. The van der Waals surface area contributed by atoms with Crippen LogP contribution in [0.15, 0.2) is 18.3 Å². The maximum absolute atomic E-state index is 12.2. The molecular weight excluding hydrogens is 300 g/mol. The minimum absolute atomic E-state index is 0.160. The molecule has 2 heterocycles. The number of fused-ring (bicyclic) bond motifs is 1. The zero-order chi connectivity index (χ0) is 15.5. The van der Waals surface area contributed by atoms with Crippen molar-refractivity contribution in [1.29, 1.82) is 0 Å². The Bertz CT molecular complexity index is 686. The second kappa shape index (κ2) is 6.31. The van der Waals surface area contributed by atoms with E-state index < -0.39 is 0 Å². The van der Waals surface area contributed by atoms with Gasteiger partial charge in [-0.15, -0.1) is 0 Å². The van der Waals surface area contributed by atoms with Crippen molar-refractivity contribution in [3.05, 3.63) is 34.5 Å². The second-order valence-electron chi connectivity index (χ2n) is 5.31. The molecule has 6 nitrogen and oxygen atoms in total. The molecule has 0 unspecified atom stereocenters. The summed E-state index contributed by atoms with van der Waals surface area (Å²) in [6.45, 7) is 0.491. The molecule has 0 aliphatic heterocycles. The monoisotopic (exact) mass is 318 g/mol. The lowest BCUT2D eigenvalue weighted by molar-refractivity contribution is 0.221. The van der Waals surface area contributed by atoms with Gasteiger partial charge >= 0.3 is 6.03 Å². The van der Waals surface area contributed by atoms with E-state index in [1.807, 2.05) is 12.1 Å². The van der Waals surface area contributed by atoms with Gasteiger partial charge in [0, 0.05) is 23.7 Å². The minimum atomic E-state index is -0.160. The summed E-state index contributed by atoms with van der Waals surface area (Å²) in [5.74, 6) is 0.580. The van der Waals surface area contributed by atoms with Crippen LogP contribution in [0, 0.1) is 0 Å². The number of carbonyl (C=O) groups is 1. The van der Waals surface area contributed by atoms with Crippen molar-refractivity contribution in [2.24, 2.45) is 0 Å². The number of aromatic nitrogens is 2. The summed E-state index contributed by atoms with van der Waals surface area (Å²) in [6, 6.07) is 3.70. The summed E-state index contributed by atoms with van der Waals surface area (Å²) in [6.07, 6.45) is 4.96. The normalized spacial score (nSPS) is 12.8. The standard InChI is InChI=1S/C15H18N4O2S/c1-19(9-12-7-14(21-2)18-22-12)15(20)17-11-6-10-4-3-5-13(10)16-8-11/h6-8H,3-5,9H2,1-2H3,(H,17,20). The van der Waals surface area contributed by atoms with E-state index in [1.54, 1.807) is 25.3 Å². The highest BCUT2D eigenvalue weighted by Gasteiger charge is 2.15. The fourth-order valence-corrected chi connectivity index (χ4v) is 3.22. The third-order valence-electron chi connectivity index (χ3n) is 3.66. The Hall–Kier alpha value is -2.15. The Labute approximate surface area is 133 Å². The highest BCUT2D eigenvalue weighted by molar-refractivity contribution is 7.05. The van der Waals surface area contributed by atoms with E-state index in [-0.39, 0.29) is 6.03 Å².